The molecule has 2 aromatic carbocycles. The van der Waals surface area contributed by atoms with E-state index < -0.39 is 0 Å². The maximum absolute atomic E-state index is 12.2. The molecule has 0 saturated carbocycles. The average Bonchev–Trinajstić information content (AvgIpc) is 2.94. The van der Waals surface area contributed by atoms with Crippen LogP contribution in [0.2, 0.25) is 0 Å². The lowest BCUT2D eigenvalue weighted by atomic mass is 10.2. The van der Waals surface area contributed by atoms with Gasteiger partial charge in [0.15, 0.2) is 5.13 Å². The number of benzene rings is 2. The quantitative estimate of drug-likeness (QED) is 0.565. The summed E-state index contributed by atoms with van der Waals surface area (Å²) >= 11 is 1.35. The van der Waals surface area contributed by atoms with Gasteiger partial charge in [0.2, 0.25) is 0 Å². The Morgan fingerprint density at radius 1 is 1.25 bits per heavy atom. The van der Waals surface area contributed by atoms with Crippen LogP contribution in [0.4, 0.5) is 10.8 Å². The van der Waals surface area contributed by atoms with Crippen LogP contribution in [-0.2, 0) is 0 Å². The summed E-state index contributed by atoms with van der Waals surface area (Å²) in [5, 5.41) is 4.49. The molecule has 0 radical (unpaired) electrons. The number of carbonyl (C=O) groups excluding carboxylic acids is 1. The molecule has 24 heavy (non-hydrogen) atoms. The second kappa shape index (κ2) is 6.67. The van der Waals surface area contributed by atoms with Crippen molar-refractivity contribution in [2.45, 2.75) is 0 Å². The average molecular weight is 339 g/mol. The van der Waals surface area contributed by atoms with E-state index in [0.29, 0.717) is 10.7 Å². The molecule has 0 saturated heterocycles. The number of hydrogen-bond donors (Lipinski definition) is 2. The van der Waals surface area contributed by atoms with Crippen LogP contribution in [0.1, 0.15) is 15.9 Å². The van der Waals surface area contributed by atoms with Gasteiger partial charge < -0.3 is 10.6 Å². The Bertz CT molecular complexity index is 899. The fourth-order valence-corrected chi connectivity index (χ4v) is 2.95. The van der Waals surface area contributed by atoms with Crippen LogP contribution in [0, 0.1) is 0 Å². The summed E-state index contributed by atoms with van der Waals surface area (Å²) in [6.45, 7) is 0. The molecule has 0 spiro atoms. The van der Waals surface area contributed by atoms with Gasteiger partial charge in [-0.3, -0.25) is 4.79 Å². The maximum Gasteiger partial charge on any atom is 0.271 e. The van der Waals surface area contributed by atoms with Crippen LogP contribution < -0.4 is 16.1 Å². The van der Waals surface area contributed by atoms with Gasteiger partial charge in [0.25, 0.3) is 5.91 Å². The monoisotopic (exact) mass is 339 g/mol. The number of aromatic nitrogens is 1. The Morgan fingerprint density at radius 3 is 2.71 bits per heavy atom. The number of thiazole rings is 1. The SMILES string of the molecule is CN(C)c1ccc(/C=N\NC(=O)c2ccc3nc(N)sc3c2)cc1. The van der Waals surface area contributed by atoms with Crippen molar-refractivity contribution in [2.24, 2.45) is 5.10 Å². The first kappa shape index (κ1) is 15.9. The van der Waals surface area contributed by atoms with Gasteiger partial charge in [-0.2, -0.15) is 5.10 Å². The summed E-state index contributed by atoms with van der Waals surface area (Å²) in [6.07, 6.45) is 1.61. The topological polar surface area (TPSA) is 83.6 Å². The summed E-state index contributed by atoms with van der Waals surface area (Å²) in [4.78, 5) is 18.3. The molecule has 0 bridgehead atoms. The van der Waals surface area contributed by atoms with Gasteiger partial charge in [0.1, 0.15) is 0 Å². The molecule has 6 nitrogen and oxygen atoms in total. The van der Waals surface area contributed by atoms with E-state index in [1.165, 1.54) is 11.3 Å². The first-order valence-electron chi connectivity index (χ1n) is 7.30. The lowest BCUT2D eigenvalue weighted by Crippen LogP contribution is -2.17. The van der Waals surface area contributed by atoms with Gasteiger partial charge in [-0.25, -0.2) is 10.4 Å². The van der Waals surface area contributed by atoms with E-state index in [1.54, 1.807) is 24.4 Å². The van der Waals surface area contributed by atoms with Gasteiger partial charge in [0, 0.05) is 25.3 Å². The molecule has 0 aliphatic rings. The van der Waals surface area contributed by atoms with E-state index in [9.17, 15) is 4.79 Å². The largest absolute Gasteiger partial charge is 0.378 e. The molecule has 7 heteroatoms. The van der Waals surface area contributed by atoms with E-state index in [-0.39, 0.29) is 5.91 Å². The number of nitrogens with zero attached hydrogens (tertiary/aromatic N) is 3. The predicted octanol–water partition coefficient (Wildman–Crippen LogP) is 2.71. The number of nitrogens with one attached hydrogen (secondary N) is 1. The number of rotatable bonds is 4. The zero-order valence-corrected chi connectivity index (χ0v) is 14.2. The Balaban J connectivity index is 1.67. The molecule has 1 amide bonds. The number of nitrogen functional groups attached to an aromatic ring is 1. The highest BCUT2D eigenvalue weighted by atomic mass is 32.1. The standard InChI is InChI=1S/C17H17N5OS/c1-22(2)13-6-3-11(4-7-13)10-19-21-16(23)12-5-8-14-15(9-12)24-17(18)20-14/h3-10H,1-2H3,(H2,18,20)(H,21,23)/b19-10-. The van der Waals surface area contributed by atoms with E-state index in [0.717, 1.165) is 21.5 Å². The van der Waals surface area contributed by atoms with Crippen molar-refractivity contribution in [3.8, 4) is 0 Å². The molecule has 0 aliphatic carbocycles. The minimum Gasteiger partial charge on any atom is -0.378 e. The maximum atomic E-state index is 12.2. The lowest BCUT2D eigenvalue weighted by molar-refractivity contribution is 0.0955. The molecule has 0 unspecified atom stereocenters. The van der Waals surface area contributed by atoms with Gasteiger partial charge in [0.05, 0.1) is 16.4 Å². The number of anilines is 2. The summed E-state index contributed by atoms with van der Waals surface area (Å²) in [5.74, 6) is -0.273. The minimum absolute atomic E-state index is 0.273. The molecule has 0 atom stereocenters. The molecule has 3 aromatic rings. The Kier molecular flexibility index (Phi) is 4.43. The second-order valence-electron chi connectivity index (χ2n) is 5.42. The predicted molar refractivity (Wildman–Crippen MR) is 99.9 cm³/mol. The molecule has 1 heterocycles. The fraction of sp³-hybridized carbons (Fsp3) is 0.118. The van der Waals surface area contributed by atoms with Crippen molar-refractivity contribution in [3.05, 3.63) is 53.6 Å². The number of hydrazone groups is 1. The van der Waals surface area contributed by atoms with E-state index in [2.05, 4.69) is 15.5 Å². The third kappa shape index (κ3) is 3.52. The van der Waals surface area contributed by atoms with Crippen LogP contribution in [-0.4, -0.2) is 31.2 Å². The van der Waals surface area contributed by atoms with Gasteiger partial charge in [-0.15, -0.1) is 0 Å². The van der Waals surface area contributed by atoms with Crippen LogP contribution in [0.5, 0.6) is 0 Å². The lowest BCUT2D eigenvalue weighted by Gasteiger charge is -2.11. The molecule has 0 fully saturated rings. The number of amides is 1. The van der Waals surface area contributed by atoms with Gasteiger partial charge in [-0.1, -0.05) is 23.5 Å². The Hall–Kier alpha value is -2.93. The highest BCUT2D eigenvalue weighted by molar-refractivity contribution is 7.22. The van der Waals surface area contributed by atoms with E-state index >= 15 is 0 Å². The molecule has 122 valence electrons. The van der Waals surface area contributed by atoms with E-state index in [4.69, 9.17) is 5.73 Å². The van der Waals surface area contributed by atoms with Crippen LogP contribution in [0.15, 0.2) is 47.6 Å². The van der Waals surface area contributed by atoms with Crippen molar-refractivity contribution < 1.29 is 4.79 Å². The zero-order valence-electron chi connectivity index (χ0n) is 13.4. The first-order valence-corrected chi connectivity index (χ1v) is 8.11. The van der Waals surface area contributed by atoms with Gasteiger partial charge >= 0.3 is 0 Å². The first-order chi connectivity index (χ1) is 11.5. The molecule has 0 aliphatic heterocycles. The van der Waals surface area contributed by atoms with Gasteiger partial charge in [-0.05, 0) is 35.9 Å². The number of hydrogen-bond acceptors (Lipinski definition) is 6. The van der Waals surface area contributed by atoms with Crippen molar-refractivity contribution in [1.29, 1.82) is 0 Å². The normalized spacial score (nSPS) is 11.1. The fourth-order valence-electron chi connectivity index (χ4n) is 2.17. The minimum atomic E-state index is -0.273. The van der Waals surface area contributed by atoms with E-state index in [1.807, 2.05) is 43.3 Å². The number of nitrogens with two attached hydrogens (primary N) is 1. The highest BCUT2D eigenvalue weighted by Crippen LogP contribution is 2.24. The molecular formula is C17H17N5OS. The Labute approximate surface area is 143 Å². The summed E-state index contributed by atoms with van der Waals surface area (Å²) in [6, 6.07) is 13.1. The second-order valence-corrected chi connectivity index (χ2v) is 6.48. The summed E-state index contributed by atoms with van der Waals surface area (Å²) < 4.78 is 0.878. The molecular weight excluding hydrogens is 322 g/mol. The zero-order chi connectivity index (χ0) is 17.1. The third-order valence-electron chi connectivity index (χ3n) is 3.46. The third-order valence-corrected chi connectivity index (χ3v) is 4.30. The molecule has 1 aromatic heterocycles. The molecule has 3 N–H and O–H groups in total. The van der Waals surface area contributed by atoms with Crippen molar-refractivity contribution in [3.63, 3.8) is 0 Å². The van der Waals surface area contributed by atoms with Crippen molar-refractivity contribution in [1.82, 2.24) is 10.4 Å². The highest BCUT2D eigenvalue weighted by Gasteiger charge is 2.07. The number of fused-ring (bicyclic) bond motifs is 1. The van der Waals surface area contributed by atoms with Crippen LogP contribution in [0.3, 0.4) is 0 Å². The van der Waals surface area contributed by atoms with Crippen LogP contribution in [0.25, 0.3) is 10.2 Å². The molecule has 3 rings (SSSR count). The Morgan fingerprint density at radius 2 is 2.00 bits per heavy atom. The van der Waals surface area contributed by atoms with Crippen molar-refractivity contribution in [2.75, 3.05) is 24.7 Å². The summed E-state index contributed by atoms with van der Waals surface area (Å²) in [5.41, 5.74) is 11.5. The summed E-state index contributed by atoms with van der Waals surface area (Å²) in [7, 11) is 3.97. The van der Waals surface area contributed by atoms with Crippen molar-refractivity contribution >= 4 is 44.5 Å². The van der Waals surface area contributed by atoms with Crippen LogP contribution >= 0.6 is 11.3 Å². The number of carbonyl (C=O) groups is 1. The smallest absolute Gasteiger partial charge is 0.271 e.